The maximum Gasteiger partial charge on any atom is 0.207 e. The Labute approximate surface area is 285 Å². The number of hydrogen-bond donors (Lipinski definition) is 0. The van der Waals surface area contributed by atoms with Crippen molar-refractivity contribution in [1.29, 1.82) is 0 Å². The van der Waals surface area contributed by atoms with Gasteiger partial charge >= 0.3 is 0 Å². The molecule has 0 spiro atoms. The minimum absolute atomic E-state index is 0.562. The molecule has 1 aromatic rings. The number of allylic oxidation sites excluding steroid dienone is 10. The van der Waals surface area contributed by atoms with Crippen LogP contribution in [0.5, 0.6) is 23.0 Å². The second-order valence-electron chi connectivity index (χ2n) is 13.3. The molecule has 0 amide bonds. The molecule has 4 nitrogen and oxygen atoms in total. The van der Waals surface area contributed by atoms with E-state index in [9.17, 15) is 0 Å². The van der Waals surface area contributed by atoms with Crippen molar-refractivity contribution in [1.82, 2.24) is 0 Å². The van der Waals surface area contributed by atoms with Gasteiger partial charge in [-0.1, -0.05) is 85.4 Å². The third-order valence-corrected chi connectivity index (χ3v) is 8.21. The van der Waals surface area contributed by atoms with Crippen molar-refractivity contribution >= 4 is 0 Å². The average Bonchev–Trinajstić information content (AvgIpc) is 3.01. The summed E-state index contributed by atoms with van der Waals surface area (Å²) in [4.78, 5) is 0. The third kappa shape index (κ3) is 17.7. The zero-order valence-corrected chi connectivity index (χ0v) is 32.4. The molecule has 0 bridgehead atoms. The quantitative estimate of drug-likeness (QED) is 0.133. The summed E-state index contributed by atoms with van der Waals surface area (Å²) in [5.74, 6) is 3.33. The molecule has 0 saturated heterocycles. The molecule has 0 aliphatic heterocycles. The van der Waals surface area contributed by atoms with Gasteiger partial charge in [-0.05, 0) is 119 Å². The topological polar surface area (TPSA) is 36.9 Å². The molecule has 0 radical (unpaired) electrons. The Hall–Kier alpha value is -2.88. The fourth-order valence-electron chi connectivity index (χ4n) is 5.17. The van der Waals surface area contributed by atoms with E-state index in [0.717, 1.165) is 36.3 Å². The van der Waals surface area contributed by atoms with Gasteiger partial charge < -0.3 is 18.9 Å². The standard InChI is InChI=1S/C21H32O4.C21H38/c1-14(2)10-9-11-15(3)12-13-17-16(4)18(22-5)20(24-7)21(25-8)19(17)23-6;1-7-8-11-19(4)12-9-13-20(5)14-10-15-21(6)17-16-18(2)3/h10,12H,9,11,13H2,1-8H3;11,13,15,18H,7-10,12,14,16-17H2,1-6H3/b15-12+;19-11+,20-13+,21-15+. The Morgan fingerprint density at radius 1 is 0.543 bits per heavy atom. The summed E-state index contributed by atoms with van der Waals surface area (Å²) in [6.45, 7) is 22.1. The zero-order valence-electron chi connectivity index (χ0n) is 32.4. The summed E-state index contributed by atoms with van der Waals surface area (Å²) in [5.41, 5.74) is 9.43. The van der Waals surface area contributed by atoms with Gasteiger partial charge in [-0.15, -0.1) is 0 Å². The molecule has 1 rings (SSSR count). The Kier molecular flexibility index (Phi) is 23.7. The number of ether oxygens (including phenoxy) is 4. The lowest BCUT2D eigenvalue weighted by atomic mass is 9.99. The predicted molar refractivity (Wildman–Crippen MR) is 202 cm³/mol. The normalized spacial score (nSPS) is 12.5. The second-order valence-corrected chi connectivity index (χ2v) is 13.3. The van der Waals surface area contributed by atoms with E-state index in [1.54, 1.807) is 45.2 Å². The molecule has 0 heterocycles. The van der Waals surface area contributed by atoms with Crippen LogP contribution in [-0.4, -0.2) is 28.4 Å². The predicted octanol–water partition coefficient (Wildman–Crippen LogP) is 12.9. The molecular formula is C42H70O4. The van der Waals surface area contributed by atoms with Crippen LogP contribution in [0.25, 0.3) is 0 Å². The minimum Gasteiger partial charge on any atom is -0.492 e. The summed E-state index contributed by atoms with van der Waals surface area (Å²) in [5, 5.41) is 0. The van der Waals surface area contributed by atoms with E-state index in [0.29, 0.717) is 23.0 Å². The average molecular weight is 639 g/mol. The first kappa shape index (κ1) is 43.1. The number of unbranched alkanes of at least 4 members (excludes halogenated alkanes) is 1. The van der Waals surface area contributed by atoms with Crippen LogP contribution < -0.4 is 18.9 Å². The highest BCUT2D eigenvalue weighted by Gasteiger charge is 2.24. The smallest absolute Gasteiger partial charge is 0.207 e. The van der Waals surface area contributed by atoms with E-state index in [4.69, 9.17) is 18.9 Å². The molecule has 1 aromatic carbocycles. The monoisotopic (exact) mass is 639 g/mol. The van der Waals surface area contributed by atoms with E-state index in [2.05, 4.69) is 92.7 Å². The molecule has 0 N–H and O–H groups in total. The highest BCUT2D eigenvalue weighted by molar-refractivity contribution is 5.67. The van der Waals surface area contributed by atoms with E-state index in [1.807, 2.05) is 6.92 Å². The van der Waals surface area contributed by atoms with Gasteiger partial charge in [-0.25, -0.2) is 0 Å². The van der Waals surface area contributed by atoms with Crippen molar-refractivity contribution in [3.63, 3.8) is 0 Å². The number of methoxy groups -OCH3 is 4. The van der Waals surface area contributed by atoms with Gasteiger partial charge in [0.2, 0.25) is 11.5 Å². The summed E-state index contributed by atoms with van der Waals surface area (Å²) in [6, 6.07) is 0. The van der Waals surface area contributed by atoms with Crippen molar-refractivity contribution < 1.29 is 18.9 Å². The molecule has 0 fully saturated rings. The summed E-state index contributed by atoms with van der Waals surface area (Å²) < 4.78 is 22.2. The van der Waals surface area contributed by atoms with Crippen molar-refractivity contribution in [2.45, 2.75) is 140 Å². The molecule has 46 heavy (non-hydrogen) atoms. The summed E-state index contributed by atoms with van der Waals surface area (Å²) >= 11 is 0. The molecule has 0 unspecified atom stereocenters. The largest absolute Gasteiger partial charge is 0.492 e. The van der Waals surface area contributed by atoms with E-state index >= 15 is 0 Å². The van der Waals surface area contributed by atoms with Crippen molar-refractivity contribution in [2.24, 2.45) is 5.92 Å². The van der Waals surface area contributed by atoms with Crippen molar-refractivity contribution in [3.8, 4) is 23.0 Å². The lowest BCUT2D eigenvalue weighted by molar-refractivity contribution is 0.302. The fourth-order valence-corrected chi connectivity index (χ4v) is 5.17. The van der Waals surface area contributed by atoms with E-state index in [-0.39, 0.29) is 0 Å². The van der Waals surface area contributed by atoms with Gasteiger partial charge in [0.1, 0.15) is 0 Å². The lowest BCUT2D eigenvalue weighted by Crippen LogP contribution is -2.04. The van der Waals surface area contributed by atoms with Gasteiger partial charge in [0.15, 0.2) is 11.5 Å². The van der Waals surface area contributed by atoms with Gasteiger partial charge in [0.25, 0.3) is 0 Å². The van der Waals surface area contributed by atoms with Gasteiger partial charge in [0.05, 0.1) is 28.4 Å². The van der Waals surface area contributed by atoms with E-state index in [1.165, 1.54) is 62.5 Å². The van der Waals surface area contributed by atoms with Crippen LogP contribution in [0.15, 0.2) is 58.2 Å². The maximum absolute atomic E-state index is 5.64. The Bertz CT molecular complexity index is 1160. The highest BCUT2D eigenvalue weighted by atomic mass is 16.5. The van der Waals surface area contributed by atoms with Gasteiger partial charge in [-0.2, -0.15) is 0 Å². The second kappa shape index (κ2) is 25.2. The molecule has 0 atom stereocenters. The first-order valence-corrected chi connectivity index (χ1v) is 17.5. The molecule has 0 aliphatic carbocycles. The Balaban J connectivity index is 0.000000896. The zero-order chi connectivity index (χ0) is 35.1. The SMILES string of the molecule is CCC/C=C(\C)CC/C=C(\C)CC/C=C(\C)CCC(C)C.COc1c(C)c(C/C=C(\C)CCC=C(C)C)c(OC)c(OC)c1OC. The van der Waals surface area contributed by atoms with Crippen LogP contribution in [0, 0.1) is 12.8 Å². The van der Waals surface area contributed by atoms with Crippen LogP contribution in [0.3, 0.4) is 0 Å². The van der Waals surface area contributed by atoms with Crippen LogP contribution in [0.1, 0.15) is 138 Å². The van der Waals surface area contributed by atoms with Crippen LogP contribution in [0.2, 0.25) is 0 Å². The molecule has 0 aliphatic rings. The molecule has 262 valence electrons. The van der Waals surface area contributed by atoms with Gasteiger partial charge in [-0.3, -0.25) is 0 Å². The molecular weight excluding hydrogens is 568 g/mol. The fraction of sp³-hybridized carbons (Fsp3) is 0.619. The first-order valence-electron chi connectivity index (χ1n) is 17.5. The van der Waals surface area contributed by atoms with Crippen LogP contribution in [-0.2, 0) is 6.42 Å². The number of benzene rings is 1. The van der Waals surface area contributed by atoms with Crippen molar-refractivity contribution in [3.05, 3.63) is 69.4 Å². The van der Waals surface area contributed by atoms with Gasteiger partial charge in [0, 0.05) is 11.1 Å². The maximum atomic E-state index is 5.64. The Morgan fingerprint density at radius 2 is 0.957 bits per heavy atom. The first-order chi connectivity index (χ1) is 21.9. The molecule has 0 aromatic heterocycles. The third-order valence-electron chi connectivity index (χ3n) is 8.21. The summed E-state index contributed by atoms with van der Waals surface area (Å²) in [7, 11) is 6.50. The number of rotatable bonds is 20. The van der Waals surface area contributed by atoms with Crippen LogP contribution >= 0.6 is 0 Å². The Morgan fingerprint density at radius 3 is 1.39 bits per heavy atom. The summed E-state index contributed by atoms with van der Waals surface area (Å²) in [6.07, 6.45) is 24.6. The minimum atomic E-state index is 0.562. The highest BCUT2D eigenvalue weighted by Crippen LogP contribution is 2.49. The molecule has 4 heteroatoms. The molecule has 0 saturated carbocycles. The van der Waals surface area contributed by atoms with Crippen LogP contribution in [0.4, 0.5) is 0 Å². The van der Waals surface area contributed by atoms with E-state index < -0.39 is 0 Å². The lowest BCUT2D eigenvalue weighted by Gasteiger charge is -2.21. The van der Waals surface area contributed by atoms with Crippen molar-refractivity contribution in [2.75, 3.05) is 28.4 Å². The number of hydrogen-bond acceptors (Lipinski definition) is 4.